The first-order valence-electron chi connectivity index (χ1n) is 4.52. The summed E-state index contributed by atoms with van der Waals surface area (Å²) >= 11 is 3.62. The Morgan fingerprint density at radius 2 is 2.25 bits per heavy atom. The number of halogens is 1. The summed E-state index contributed by atoms with van der Waals surface area (Å²) in [6.45, 7) is 2.75. The van der Waals surface area contributed by atoms with Crippen LogP contribution in [0.5, 0.6) is 0 Å². The van der Waals surface area contributed by atoms with Gasteiger partial charge in [0.1, 0.15) is 0 Å². The summed E-state index contributed by atoms with van der Waals surface area (Å²) < 4.78 is 10.8. The molecule has 0 amide bonds. The summed E-state index contributed by atoms with van der Waals surface area (Å²) in [5, 5.41) is 0. The van der Waals surface area contributed by atoms with Crippen molar-refractivity contribution in [1.29, 1.82) is 0 Å². The van der Waals surface area contributed by atoms with Crippen LogP contribution in [0.2, 0.25) is 0 Å². The van der Waals surface area contributed by atoms with E-state index in [-0.39, 0.29) is 6.10 Å². The minimum Gasteiger partial charge on any atom is -0.382 e. The van der Waals surface area contributed by atoms with Crippen LogP contribution in [0.3, 0.4) is 0 Å². The fourth-order valence-electron chi connectivity index (χ4n) is 1.61. The van der Waals surface area contributed by atoms with E-state index in [2.05, 4.69) is 22.9 Å². The Kier molecular flexibility index (Phi) is 4.54. The van der Waals surface area contributed by atoms with Gasteiger partial charge in [-0.15, -0.1) is 0 Å². The second-order valence-electron chi connectivity index (χ2n) is 3.39. The zero-order valence-electron chi connectivity index (χ0n) is 7.75. The molecule has 72 valence electrons. The van der Waals surface area contributed by atoms with Gasteiger partial charge < -0.3 is 9.47 Å². The summed E-state index contributed by atoms with van der Waals surface area (Å²) in [7, 11) is 1.71. The van der Waals surface area contributed by atoms with Crippen molar-refractivity contribution in [2.24, 2.45) is 0 Å². The average molecular weight is 237 g/mol. The lowest BCUT2D eigenvalue weighted by Crippen LogP contribution is -2.26. The van der Waals surface area contributed by atoms with Crippen LogP contribution in [0.4, 0.5) is 0 Å². The Hall–Kier alpha value is 0.400. The minimum absolute atomic E-state index is 0.221. The van der Waals surface area contributed by atoms with Gasteiger partial charge in [0.25, 0.3) is 0 Å². The lowest BCUT2D eigenvalue weighted by atomic mass is 10.3. The molecule has 12 heavy (non-hydrogen) atoms. The Balaban J connectivity index is 2.20. The van der Waals surface area contributed by atoms with Crippen LogP contribution in [0, 0.1) is 0 Å². The highest BCUT2D eigenvalue weighted by molar-refractivity contribution is 9.09. The summed E-state index contributed by atoms with van der Waals surface area (Å²) in [4.78, 5) is 0.553. The maximum absolute atomic E-state index is 5.79. The maximum atomic E-state index is 5.79. The standard InChI is InChI=1S/C9H17BrO2/c1-7(6-11-2)12-9-5-3-4-8(9)10/h7-9H,3-6H2,1-2H3. The zero-order valence-corrected chi connectivity index (χ0v) is 9.34. The number of hydrogen-bond donors (Lipinski definition) is 0. The lowest BCUT2D eigenvalue weighted by Gasteiger charge is -2.20. The smallest absolute Gasteiger partial charge is 0.0784 e. The number of alkyl halides is 1. The summed E-state index contributed by atoms with van der Waals surface area (Å²) in [5.41, 5.74) is 0. The minimum atomic E-state index is 0.221. The van der Waals surface area contributed by atoms with Crippen LogP contribution >= 0.6 is 15.9 Å². The molecule has 0 heterocycles. The molecule has 0 saturated heterocycles. The fourth-order valence-corrected chi connectivity index (χ4v) is 2.32. The third-order valence-corrected chi connectivity index (χ3v) is 3.23. The quantitative estimate of drug-likeness (QED) is 0.699. The molecule has 3 heteroatoms. The van der Waals surface area contributed by atoms with Crippen molar-refractivity contribution in [1.82, 2.24) is 0 Å². The molecule has 1 rings (SSSR count). The van der Waals surface area contributed by atoms with Gasteiger partial charge in [0, 0.05) is 11.9 Å². The molecular weight excluding hydrogens is 220 g/mol. The molecular formula is C9H17BrO2. The summed E-state index contributed by atoms with van der Waals surface area (Å²) in [6, 6.07) is 0. The fraction of sp³-hybridized carbons (Fsp3) is 1.00. The largest absolute Gasteiger partial charge is 0.382 e. The number of hydrogen-bond acceptors (Lipinski definition) is 2. The van der Waals surface area contributed by atoms with Crippen LogP contribution in [0.25, 0.3) is 0 Å². The second-order valence-corrected chi connectivity index (χ2v) is 4.56. The second kappa shape index (κ2) is 5.20. The summed E-state index contributed by atoms with van der Waals surface area (Å²) in [6.07, 6.45) is 4.32. The van der Waals surface area contributed by atoms with Gasteiger partial charge in [-0.25, -0.2) is 0 Å². The zero-order chi connectivity index (χ0) is 8.97. The van der Waals surface area contributed by atoms with E-state index in [0.29, 0.717) is 17.5 Å². The molecule has 1 saturated carbocycles. The Morgan fingerprint density at radius 3 is 2.75 bits per heavy atom. The first kappa shape index (κ1) is 10.5. The van der Waals surface area contributed by atoms with Crippen LogP contribution in [-0.2, 0) is 9.47 Å². The van der Waals surface area contributed by atoms with E-state index in [9.17, 15) is 0 Å². The van der Waals surface area contributed by atoms with Gasteiger partial charge in [-0.1, -0.05) is 15.9 Å². The van der Waals surface area contributed by atoms with Crippen molar-refractivity contribution in [3.63, 3.8) is 0 Å². The van der Waals surface area contributed by atoms with Gasteiger partial charge in [-0.05, 0) is 26.2 Å². The monoisotopic (exact) mass is 236 g/mol. The van der Waals surface area contributed by atoms with Crippen molar-refractivity contribution >= 4 is 15.9 Å². The first-order chi connectivity index (χ1) is 5.74. The van der Waals surface area contributed by atoms with Crippen LogP contribution < -0.4 is 0 Å². The lowest BCUT2D eigenvalue weighted by molar-refractivity contribution is -0.0325. The third kappa shape index (κ3) is 3.04. The van der Waals surface area contributed by atoms with Gasteiger partial charge >= 0.3 is 0 Å². The maximum Gasteiger partial charge on any atom is 0.0784 e. The molecule has 1 aliphatic rings. The van der Waals surface area contributed by atoms with Crippen molar-refractivity contribution in [3.8, 4) is 0 Å². The molecule has 0 aromatic heterocycles. The molecule has 3 atom stereocenters. The SMILES string of the molecule is COCC(C)OC1CCCC1Br. The van der Waals surface area contributed by atoms with E-state index < -0.39 is 0 Å². The molecule has 0 N–H and O–H groups in total. The van der Waals surface area contributed by atoms with E-state index in [1.54, 1.807) is 7.11 Å². The molecule has 0 aliphatic heterocycles. The van der Waals surface area contributed by atoms with Gasteiger partial charge in [0.2, 0.25) is 0 Å². The number of rotatable bonds is 4. The van der Waals surface area contributed by atoms with Gasteiger partial charge in [-0.2, -0.15) is 0 Å². The Morgan fingerprint density at radius 1 is 1.50 bits per heavy atom. The van der Waals surface area contributed by atoms with E-state index in [4.69, 9.17) is 9.47 Å². The molecule has 3 unspecified atom stereocenters. The molecule has 1 aliphatic carbocycles. The predicted octanol–water partition coefficient (Wildman–Crippen LogP) is 2.35. The molecule has 0 aromatic rings. The Labute approximate surface area is 82.7 Å². The van der Waals surface area contributed by atoms with E-state index in [1.807, 2.05) is 0 Å². The molecule has 0 bridgehead atoms. The van der Waals surface area contributed by atoms with E-state index >= 15 is 0 Å². The highest BCUT2D eigenvalue weighted by Crippen LogP contribution is 2.28. The van der Waals surface area contributed by atoms with Crippen molar-refractivity contribution in [2.75, 3.05) is 13.7 Å². The normalized spacial score (nSPS) is 32.2. The summed E-state index contributed by atoms with van der Waals surface area (Å²) in [5.74, 6) is 0. The highest BCUT2D eigenvalue weighted by atomic mass is 79.9. The highest BCUT2D eigenvalue weighted by Gasteiger charge is 2.26. The van der Waals surface area contributed by atoms with Crippen molar-refractivity contribution < 1.29 is 9.47 Å². The topological polar surface area (TPSA) is 18.5 Å². The Bertz CT molecular complexity index is 130. The number of methoxy groups -OCH3 is 1. The van der Waals surface area contributed by atoms with Crippen LogP contribution in [0.1, 0.15) is 26.2 Å². The average Bonchev–Trinajstić information content (AvgIpc) is 2.37. The predicted molar refractivity (Wildman–Crippen MR) is 52.8 cm³/mol. The van der Waals surface area contributed by atoms with Gasteiger partial charge in [-0.3, -0.25) is 0 Å². The number of ether oxygens (including phenoxy) is 2. The molecule has 2 nitrogen and oxygen atoms in total. The van der Waals surface area contributed by atoms with Crippen LogP contribution in [0.15, 0.2) is 0 Å². The van der Waals surface area contributed by atoms with Gasteiger partial charge in [0.05, 0.1) is 18.8 Å². The molecule has 0 spiro atoms. The third-order valence-electron chi connectivity index (χ3n) is 2.18. The van der Waals surface area contributed by atoms with E-state index in [1.165, 1.54) is 19.3 Å². The first-order valence-corrected chi connectivity index (χ1v) is 5.44. The molecule has 1 fully saturated rings. The molecule has 0 radical (unpaired) electrons. The van der Waals surface area contributed by atoms with Crippen LogP contribution in [-0.4, -0.2) is 30.8 Å². The van der Waals surface area contributed by atoms with Crippen molar-refractivity contribution in [3.05, 3.63) is 0 Å². The van der Waals surface area contributed by atoms with E-state index in [0.717, 1.165) is 0 Å². The molecule has 0 aromatic carbocycles. The van der Waals surface area contributed by atoms with Gasteiger partial charge in [0.15, 0.2) is 0 Å². The van der Waals surface area contributed by atoms with Crippen molar-refractivity contribution in [2.45, 2.75) is 43.2 Å².